The summed E-state index contributed by atoms with van der Waals surface area (Å²) >= 11 is 0. The highest BCUT2D eigenvalue weighted by atomic mass is 16.5. The van der Waals surface area contributed by atoms with Crippen LogP contribution in [0.25, 0.3) is 0 Å². The molecule has 0 aliphatic carbocycles. The van der Waals surface area contributed by atoms with Gasteiger partial charge >= 0.3 is 0 Å². The average Bonchev–Trinajstić information content (AvgIpc) is 2.34. The van der Waals surface area contributed by atoms with E-state index in [2.05, 4.69) is 4.98 Å². The molecule has 2 aromatic rings. The number of nitrogen functional groups attached to an aromatic ring is 1. The monoisotopic (exact) mass is 230 g/mol. The van der Waals surface area contributed by atoms with E-state index in [0.717, 1.165) is 11.3 Å². The number of benzene rings is 1. The van der Waals surface area contributed by atoms with Crippen LogP contribution in [0.1, 0.15) is 5.56 Å². The molecule has 0 amide bonds. The molecule has 0 spiro atoms. The van der Waals surface area contributed by atoms with Crippen molar-refractivity contribution in [1.82, 2.24) is 4.98 Å². The molecule has 0 aliphatic heterocycles. The SMILES string of the molecule is COc1cccc(Oc2cc(C)c(N)cn2)c1. The standard InChI is InChI=1S/C13H14N2O2/c1-9-6-13(15-8-12(9)14)17-11-5-3-4-10(7-11)16-2/h3-8H,14H2,1-2H3. The van der Waals surface area contributed by atoms with Gasteiger partial charge in [-0.3, -0.25) is 0 Å². The van der Waals surface area contributed by atoms with Gasteiger partial charge in [-0.15, -0.1) is 0 Å². The number of rotatable bonds is 3. The molecule has 4 heteroatoms. The van der Waals surface area contributed by atoms with Crippen molar-refractivity contribution in [1.29, 1.82) is 0 Å². The minimum atomic E-state index is 0.518. The predicted molar refractivity (Wildman–Crippen MR) is 66.5 cm³/mol. The fraction of sp³-hybridized carbons (Fsp3) is 0.154. The molecule has 0 bridgehead atoms. The third-order valence-corrected chi connectivity index (χ3v) is 2.39. The van der Waals surface area contributed by atoms with Crippen molar-refractivity contribution >= 4 is 5.69 Å². The molecule has 0 aliphatic rings. The number of hydrogen-bond acceptors (Lipinski definition) is 4. The van der Waals surface area contributed by atoms with Crippen LogP contribution >= 0.6 is 0 Å². The molecule has 0 fully saturated rings. The van der Waals surface area contributed by atoms with E-state index in [1.165, 1.54) is 0 Å². The van der Waals surface area contributed by atoms with Gasteiger partial charge in [0.1, 0.15) is 11.5 Å². The third-order valence-electron chi connectivity index (χ3n) is 2.39. The van der Waals surface area contributed by atoms with Crippen molar-refractivity contribution in [3.8, 4) is 17.4 Å². The summed E-state index contributed by atoms with van der Waals surface area (Å²) < 4.78 is 10.7. The highest BCUT2D eigenvalue weighted by Crippen LogP contribution is 2.25. The summed E-state index contributed by atoms with van der Waals surface area (Å²) in [6.45, 7) is 1.91. The number of nitrogens with two attached hydrogens (primary N) is 1. The first kappa shape index (κ1) is 11.3. The molecule has 0 saturated carbocycles. The maximum Gasteiger partial charge on any atom is 0.219 e. The first-order valence-electron chi connectivity index (χ1n) is 5.23. The molecule has 0 saturated heterocycles. The van der Waals surface area contributed by atoms with Crippen molar-refractivity contribution in [3.63, 3.8) is 0 Å². The Kier molecular flexibility index (Phi) is 3.14. The van der Waals surface area contributed by atoms with Crippen molar-refractivity contribution in [3.05, 3.63) is 42.1 Å². The summed E-state index contributed by atoms with van der Waals surface area (Å²) in [6.07, 6.45) is 1.59. The van der Waals surface area contributed by atoms with Gasteiger partial charge in [0.15, 0.2) is 0 Å². The van der Waals surface area contributed by atoms with E-state index in [4.69, 9.17) is 15.2 Å². The number of ether oxygens (including phenoxy) is 2. The number of hydrogen-bond donors (Lipinski definition) is 1. The van der Waals surface area contributed by atoms with Gasteiger partial charge in [-0.25, -0.2) is 4.98 Å². The molecular formula is C13H14N2O2. The van der Waals surface area contributed by atoms with Gasteiger partial charge in [-0.2, -0.15) is 0 Å². The Labute approximate surface area is 100 Å². The predicted octanol–water partition coefficient (Wildman–Crippen LogP) is 2.77. The number of anilines is 1. The minimum absolute atomic E-state index is 0.518. The molecule has 0 atom stereocenters. The number of pyridine rings is 1. The highest BCUT2D eigenvalue weighted by Gasteiger charge is 2.02. The Morgan fingerprint density at radius 1 is 1.18 bits per heavy atom. The Bertz CT molecular complexity index is 527. The lowest BCUT2D eigenvalue weighted by atomic mass is 10.2. The fourth-order valence-corrected chi connectivity index (χ4v) is 1.38. The van der Waals surface area contributed by atoms with Gasteiger partial charge in [0.05, 0.1) is 19.0 Å². The zero-order valence-corrected chi connectivity index (χ0v) is 9.81. The molecular weight excluding hydrogens is 216 g/mol. The van der Waals surface area contributed by atoms with Gasteiger partial charge in [0.25, 0.3) is 0 Å². The van der Waals surface area contributed by atoms with Crippen molar-refractivity contribution in [2.75, 3.05) is 12.8 Å². The lowest BCUT2D eigenvalue weighted by Crippen LogP contribution is -1.94. The Balaban J connectivity index is 2.22. The molecule has 2 rings (SSSR count). The van der Waals surface area contributed by atoms with Crippen LogP contribution in [0, 0.1) is 6.92 Å². The maximum absolute atomic E-state index is 5.69. The molecule has 17 heavy (non-hydrogen) atoms. The first-order chi connectivity index (χ1) is 8.19. The van der Waals surface area contributed by atoms with Crippen LogP contribution in [0.2, 0.25) is 0 Å². The number of aryl methyl sites for hydroxylation is 1. The van der Waals surface area contributed by atoms with E-state index in [9.17, 15) is 0 Å². The van der Waals surface area contributed by atoms with Crippen molar-refractivity contribution in [2.45, 2.75) is 6.92 Å². The number of nitrogens with zero attached hydrogens (tertiary/aromatic N) is 1. The lowest BCUT2D eigenvalue weighted by molar-refractivity contribution is 0.407. The van der Waals surface area contributed by atoms with Crippen LogP contribution in [-0.4, -0.2) is 12.1 Å². The second-order valence-corrected chi connectivity index (χ2v) is 3.66. The Morgan fingerprint density at radius 3 is 2.65 bits per heavy atom. The maximum atomic E-state index is 5.69. The molecule has 1 heterocycles. The minimum Gasteiger partial charge on any atom is -0.497 e. The number of aromatic nitrogens is 1. The molecule has 1 aromatic carbocycles. The summed E-state index contributed by atoms with van der Waals surface area (Å²) in [6, 6.07) is 9.16. The summed E-state index contributed by atoms with van der Waals surface area (Å²) in [4.78, 5) is 4.10. The average molecular weight is 230 g/mol. The molecule has 0 radical (unpaired) electrons. The molecule has 0 unspecified atom stereocenters. The second-order valence-electron chi connectivity index (χ2n) is 3.66. The van der Waals surface area contributed by atoms with E-state index < -0.39 is 0 Å². The van der Waals surface area contributed by atoms with E-state index >= 15 is 0 Å². The summed E-state index contributed by atoms with van der Waals surface area (Å²) in [5.41, 5.74) is 7.29. The van der Waals surface area contributed by atoms with Crippen LogP contribution in [-0.2, 0) is 0 Å². The van der Waals surface area contributed by atoms with E-state index in [-0.39, 0.29) is 0 Å². The van der Waals surface area contributed by atoms with Crippen molar-refractivity contribution < 1.29 is 9.47 Å². The van der Waals surface area contributed by atoms with Crippen molar-refractivity contribution in [2.24, 2.45) is 0 Å². The summed E-state index contributed by atoms with van der Waals surface area (Å²) in [5.74, 6) is 1.95. The van der Waals surface area contributed by atoms with Gasteiger partial charge < -0.3 is 15.2 Å². The van der Waals surface area contributed by atoms with Crippen LogP contribution in [0.5, 0.6) is 17.4 Å². The Morgan fingerprint density at radius 2 is 1.94 bits per heavy atom. The quantitative estimate of drug-likeness (QED) is 0.880. The topological polar surface area (TPSA) is 57.4 Å². The third kappa shape index (κ3) is 2.66. The highest BCUT2D eigenvalue weighted by molar-refractivity contribution is 5.46. The number of methoxy groups -OCH3 is 1. The van der Waals surface area contributed by atoms with E-state index in [0.29, 0.717) is 17.3 Å². The lowest BCUT2D eigenvalue weighted by Gasteiger charge is -2.07. The molecule has 2 N–H and O–H groups in total. The first-order valence-corrected chi connectivity index (χ1v) is 5.23. The molecule has 1 aromatic heterocycles. The Hall–Kier alpha value is -2.23. The van der Waals surface area contributed by atoms with Gasteiger partial charge in [0.2, 0.25) is 5.88 Å². The van der Waals surface area contributed by atoms with Crippen LogP contribution < -0.4 is 15.2 Å². The van der Waals surface area contributed by atoms with Crippen LogP contribution in [0.4, 0.5) is 5.69 Å². The summed E-state index contributed by atoms with van der Waals surface area (Å²) in [5, 5.41) is 0. The van der Waals surface area contributed by atoms with Crippen LogP contribution in [0.3, 0.4) is 0 Å². The van der Waals surface area contributed by atoms with Crippen LogP contribution in [0.15, 0.2) is 36.5 Å². The smallest absolute Gasteiger partial charge is 0.219 e. The fourth-order valence-electron chi connectivity index (χ4n) is 1.38. The van der Waals surface area contributed by atoms with E-state index in [1.807, 2.05) is 25.1 Å². The molecule has 4 nitrogen and oxygen atoms in total. The van der Waals surface area contributed by atoms with Gasteiger partial charge in [-0.1, -0.05) is 6.07 Å². The van der Waals surface area contributed by atoms with Gasteiger partial charge in [0, 0.05) is 12.1 Å². The van der Waals surface area contributed by atoms with E-state index in [1.54, 1.807) is 25.4 Å². The normalized spacial score (nSPS) is 10.0. The largest absolute Gasteiger partial charge is 0.497 e. The zero-order chi connectivity index (χ0) is 12.3. The summed E-state index contributed by atoms with van der Waals surface area (Å²) in [7, 11) is 1.62. The second kappa shape index (κ2) is 4.74. The zero-order valence-electron chi connectivity index (χ0n) is 9.81. The molecule has 88 valence electrons. The van der Waals surface area contributed by atoms with Gasteiger partial charge in [-0.05, 0) is 24.6 Å².